The maximum Gasteiger partial charge on any atom is 0.115 e. The second-order valence-corrected chi connectivity index (χ2v) is 3.41. The Kier molecular flexibility index (Phi) is 3.92. The molecule has 1 aromatic rings. The standard InChI is InChI=1S/C11H16O3/c1-2-10(13)11(14)7-8-3-5-9(12)6-4-8/h3-6,10-14H,2,7H2,1H3. The van der Waals surface area contributed by atoms with Gasteiger partial charge in [-0.1, -0.05) is 19.1 Å². The Morgan fingerprint density at radius 1 is 1.07 bits per heavy atom. The predicted molar refractivity (Wildman–Crippen MR) is 54.1 cm³/mol. The first-order chi connectivity index (χ1) is 6.63. The van der Waals surface area contributed by atoms with Gasteiger partial charge in [-0.3, -0.25) is 0 Å². The first kappa shape index (κ1) is 11.0. The summed E-state index contributed by atoms with van der Waals surface area (Å²) in [4.78, 5) is 0. The number of hydrogen-bond acceptors (Lipinski definition) is 3. The summed E-state index contributed by atoms with van der Waals surface area (Å²) in [5.74, 6) is 0.208. The fourth-order valence-corrected chi connectivity index (χ4v) is 1.28. The van der Waals surface area contributed by atoms with Crippen LogP contribution in [0.2, 0.25) is 0 Å². The van der Waals surface area contributed by atoms with Crippen molar-refractivity contribution >= 4 is 0 Å². The normalized spacial score (nSPS) is 15.1. The molecular weight excluding hydrogens is 180 g/mol. The van der Waals surface area contributed by atoms with Crippen LogP contribution in [0.5, 0.6) is 5.75 Å². The van der Waals surface area contributed by atoms with E-state index in [0.29, 0.717) is 12.8 Å². The van der Waals surface area contributed by atoms with Crippen LogP contribution < -0.4 is 0 Å². The smallest absolute Gasteiger partial charge is 0.115 e. The van der Waals surface area contributed by atoms with E-state index in [0.717, 1.165) is 5.56 Å². The van der Waals surface area contributed by atoms with Gasteiger partial charge in [0.25, 0.3) is 0 Å². The first-order valence-corrected chi connectivity index (χ1v) is 4.77. The van der Waals surface area contributed by atoms with Crippen LogP contribution in [0.4, 0.5) is 0 Å². The SMILES string of the molecule is CCC(O)C(O)Cc1ccc(O)cc1. The summed E-state index contributed by atoms with van der Waals surface area (Å²) in [5.41, 5.74) is 0.905. The second-order valence-electron chi connectivity index (χ2n) is 3.41. The van der Waals surface area contributed by atoms with E-state index < -0.39 is 12.2 Å². The van der Waals surface area contributed by atoms with Crippen molar-refractivity contribution < 1.29 is 15.3 Å². The third-order valence-corrected chi connectivity index (χ3v) is 2.24. The average molecular weight is 196 g/mol. The zero-order valence-electron chi connectivity index (χ0n) is 8.22. The Morgan fingerprint density at radius 2 is 1.64 bits per heavy atom. The Morgan fingerprint density at radius 3 is 2.14 bits per heavy atom. The zero-order chi connectivity index (χ0) is 10.6. The highest BCUT2D eigenvalue weighted by atomic mass is 16.3. The van der Waals surface area contributed by atoms with E-state index in [9.17, 15) is 10.2 Å². The van der Waals surface area contributed by atoms with Crippen LogP contribution in [0.15, 0.2) is 24.3 Å². The number of aromatic hydroxyl groups is 1. The quantitative estimate of drug-likeness (QED) is 0.675. The molecule has 0 bridgehead atoms. The number of phenols is 1. The minimum atomic E-state index is -0.732. The highest BCUT2D eigenvalue weighted by Gasteiger charge is 2.14. The molecule has 2 unspecified atom stereocenters. The molecule has 0 amide bonds. The lowest BCUT2D eigenvalue weighted by atomic mass is 10.0. The Bertz CT molecular complexity index is 268. The van der Waals surface area contributed by atoms with Crippen molar-refractivity contribution in [3.8, 4) is 5.75 Å². The maximum atomic E-state index is 9.53. The Balaban J connectivity index is 2.56. The molecule has 0 saturated heterocycles. The van der Waals surface area contributed by atoms with Gasteiger partial charge in [0.2, 0.25) is 0 Å². The fraction of sp³-hybridized carbons (Fsp3) is 0.455. The molecule has 3 nitrogen and oxygen atoms in total. The summed E-state index contributed by atoms with van der Waals surface area (Å²) in [7, 11) is 0. The first-order valence-electron chi connectivity index (χ1n) is 4.77. The molecule has 0 heterocycles. The van der Waals surface area contributed by atoms with Crippen molar-refractivity contribution in [2.45, 2.75) is 32.0 Å². The Labute approximate surface area is 83.6 Å². The number of hydrogen-bond donors (Lipinski definition) is 3. The van der Waals surface area contributed by atoms with Crippen molar-refractivity contribution in [1.29, 1.82) is 0 Å². The zero-order valence-corrected chi connectivity index (χ0v) is 8.22. The van der Waals surface area contributed by atoms with Crippen molar-refractivity contribution in [2.24, 2.45) is 0 Å². The van der Waals surface area contributed by atoms with Crippen LogP contribution in [-0.4, -0.2) is 27.5 Å². The molecule has 0 radical (unpaired) electrons. The summed E-state index contributed by atoms with van der Waals surface area (Å²) < 4.78 is 0. The number of phenolic OH excluding ortho intramolecular Hbond substituents is 1. The number of aliphatic hydroxyl groups excluding tert-OH is 2. The molecule has 3 N–H and O–H groups in total. The number of benzene rings is 1. The summed E-state index contributed by atoms with van der Waals surface area (Å²) in [6, 6.07) is 6.61. The van der Waals surface area contributed by atoms with Gasteiger partial charge >= 0.3 is 0 Å². The van der Waals surface area contributed by atoms with Gasteiger partial charge in [0.15, 0.2) is 0 Å². The molecule has 0 aromatic heterocycles. The summed E-state index contributed by atoms with van der Waals surface area (Å²) in [6.45, 7) is 1.82. The van der Waals surface area contributed by atoms with Gasteiger partial charge < -0.3 is 15.3 Å². The highest BCUT2D eigenvalue weighted by Crippen LogP contribution is 2.13. The van der Waals surface area contributed by atoms with E-state index in [2.05, 4.69) is 0 Å². The molecule has 14 heavy (non-hydrogen) atoms. The predicted octanol–water partition coefficient (Wildman–Crippen LogP) is 1.07. The monoisotopic (exact) mass is 196 g/mol. The second kappa shape index (κ2) is 4.98. The molecule has 0 aliphatic heterocycles. The van der Waals surface area contributed by atoms with Crippen molar-refractivity contribution in [1.82, 2.24) is 0 Å². The minimum Gasteiger partial charge on any atom is -0.508 e. The third-order valence-electron chi connectivity index (χ3n) is 2.24. The molecule has 0 aliphatic rings. The van der Waals surface area contributed by atoms with Crippen molar-refractivity contribution in [3.05, 3.63) is 29.8 Å². The van der Waals surface area contributed by atoms with E-state index in [-0.39, 0.29) is 5.75 Å². The van der Waals surface area contributed by atoms with Crippen molar-refractivity contribution in [3.63, 3.8) is 0 Å². The molecule has 0 aliphatic carbocycles. The van der Waals surface area contributed by atoms with E-state index in [4.69, 9.17) is 5.11 Å². The molecule has 1 aromatic carbocycles. The Hall–Kier alpha value is -1.06. The molecule has 0 spiro atoms. The lowest BCUT2D eigenvalue weighted by molar-refractivity contribution is 0.0181. The van der Waals surface area contributed by atoms with E-state index in [1.54, 1.807) is 24.3 Å². The van der Waals surface area contributed by atoms with Gasteiger partial charge in [-0.15, -0.1) is 0 Å². The van der Waals surface area contributed by atoms with Crippen LogP contribution in [0.3, 0.4) is 0 Å². The minimum absolute atomic E-state index is 0.208. The van der Waals surface area contributed by atoms with Crippen LogP contribution in [0.1, 0.15) is 18.9 Å². The van der Waals surface area contributed by atoms with Gasteiger partial charge in [0.05, 0.1) is 12.2 Å². The van der Waals surface area contributed by atoms with E-state index in [1.165, 1.54) is 0 Å². The third kappa shape index (κ3) is 3.01. The lowest BCUT2D eigenvalue weighted by Gasteiger charge is -2.15. The van der Waals surface area contributed by atoms with Gasteiger partial charge in [0.1, 0.15) is 5.75 Å². The fourth-order valence-electron chi connectivity index (χ4n) is 1.28. The van der Waals surface area contributed by atoms with Gasteiger partial charge in [-0.25, -0.2) is 0 Å². The van der Waals surface area contributed by atoms with Crippen LogP contribution in [0, 0.1) is 0 Å². The molecular formula is C11H16O3. The lowest BCUT2D eigenvalue weighted by Crippen LogP contribution is -2.27. The number of aliphatic hydroxyl groups is 2. The molecule has 3 heteroatoms. The van der Waals surface area contributed by atoms with E-state index in [1.807, 2.05) is 6.92 Å². The van der Waals surface area contributed by atoms with Crippen molar-refractivity contribution in [2.75, 3.05) is 0 Å². The van der Waals surface area contributed by atoms with Gasteiger partial charge in [-0.2, -0.15) is 0 Å². The topological polar surface area (TPSA) is 60.7 Å². The van der Waals surface area contributed by atoms with Crippen LogP contribution in [-0.2, 0) is 6.42 Å². The summed E-state index contributed by atoms with van der Waals surface area (Å²) in [6.07, 6.45) is -0.456. The summed E-state index contributed by atoms with van der Waals surface area (Å²) >= 11 is 0. The van der Waals surface area contributed by atoms with Gasteiger partial charge in [0, 0.05) is 6.42 Å². The maximum absolute atomic E-state index is 9.53. The number of rotatable bonds is 4. The average Bonchev–Trinajstić information content (AvgIpc) is 2.20. The largest absolute Gasteiger partial charge is 0.508 e. The van der Waals surface area contributed by atoms with Gasteiger partial charge in [-0.05, 0) is 24.1 Å². The highest BCUT2D eigenvalue weighted by molar-refractivity contribution is 5.26. The molecule has 78 valence electrons. The molecule has 2 atom stereocenters. The molecule has 1 rings (SSSR count). The molecule has 0 saturated carbocycles. The molecule has 0 fully saturated rings. The summed E-state index contributed by atoms with van der Waals surface area (Å²) in [5, 5.41) is 27.9. The van der Waals surface area contributed by atoms with Crippen LogP contribution in [0.25, 0.3) is 0 Å². The van der Waals surface area contributed by atoms with E-state index >= 15 is 0 Å². The van der Waals surface area contributed by atoms with Crippen LogP contribution >= 0.6 is 0 Å².